The topological polar surface area (TPSA) is 0 Å². The van der Waals surface area contributed by atoms with E-state index in [4.69, 9.17) is 0 Å². The molecule has 0 radical (unpaired) electrons. The fraction of sp³-hybridized carbons (Fsp3) is 0. The lowest BCUT2D eigenvalue weighted by molar-refractivity contribution is 1.58. The second kappa shape index (κ2) is 11.6. The minimum Gasteiger partial charge on any atom is -0.0622 e. The summed E-state index contributed by atoms with van der Waals surface area (Å²) in [5.74, 6) is 0. The lowest BCUT2D eigenvalue weighted by Crippen LogP contribution is -1.93. The summed E-state index contributed by atoms with van der Waals surface area (Å²) >= 11 is 0. The van der Waals surface area contributed by atoms with E-state index < -0.39 is 0 Å². The quantitative estimate of drug-likeness (QED) is 0.133. The van der Waals surface area contributed by atoms with E-state index in [9.17, 15) is 0 Å². The largest absolute Gasteiger partial charge is 0.0622 e. The monoisotopic (exact) mass is 634 g/mol. The van der Waals surface area contributed by atoms with Gasteiger partial charge in [-0.2, -0.15) is 0 Å². The van der Waals surface area contributed by atoms with E-state index in [1.54, 1.807) is 0 Å². The van der Waals surface area contributed by atoms with Crippen LogP contribution in [0, 0.1) is 0 Å². The lowest BCUT2D eigenvalue weighted by Gasteiger charge is -2.20. The molecule has 0 heterocycles. The second-order valence-electron chi connectivity index (χ2n) is 13.3. The van der Waals surface area contributed by atoms with Gasteiger partial charge in [0.1, 0.15) is 0 Å². The van der Waals surface area contributed by atoms with Crippen LogP contribution in [0.3, 0.4) is 0 Å². The van der Waals surface area contributed by atoms with Crippen LogP contribution in [0.5, 0.6) is 0 Å². The van der Waals surface area contributed by atoms with Gasteiger partial charge in [0.2, 0.25) is 0 Å². The van der Waals surface area contributed by atoms with Gasteiger partial charge in [0.25, 0.3) is 0 Å². The maximum atomic E-state index is 2.38. The Labute approximate surface area is 293 Å². The standard InChI is InChI=1S/C50H32.H2/c1-3-14-33(15-4-1)38-29-39(34-16-5-2-6-17-34)31-40(30-38)49-44-20-9-11-22-46(44)50(47-23-12-10-21-45(47)49)43-25-13-24-41-42(43)27-26-37-28-35-18-7-8-19-36(35)32-48(37)41;/h1-32H;1H. The van der Waals surface area contributed by atoms with E-state index in [0.29, 0.717) is 0 Å². The first-order valence-electron chi connectivity index (χ1n) is 17.3. The van der Waals surface area contributed by atoms with Crippen LogP contribution in [-0.2, 0) is 0 Å². The summed E-state index contributed by atoms with van der Waals surface area (Å²) in [4.78, 5) is 0. The van der Waals surface area contributed by atoms with Gasteiger partial charge in [-0.05, 0) is 129 Å². The maximum Gasteiger partial charge on any atom is 0 e. The Balaban J connectivity index is 0.00000348. The summed E-state index contributed by atoms with van der Waals surface area (Å²) in [7, 11) is 0. The normalized spacial score (nSPS) is 11.6. The molecule has 10 aromatic rings. The minimum absolute atomic E-state index is 0. The van der Waals surface area contributed by atoms with E-state index in [1.807, 2.05) is 0 Å². The summed E-state index contributed by atoms with van der Waals surface area (Å²) in [6.45, 7) is 0. The van der Waals surface area contributed by atoms with Crippen LogP contribution in [0.1, 0.15) is 1.43 Å². The van der Waals surface area contributed by atoms with Crippen molar-refractivity contribution in [1.29, 1.82) is 0 Å². The molecule has 0 N–H and O–H groups in total. The van der Waals surface area contributed by atoms with Gasteiger partial charge in [-0.25, -0.2) is 0 Å². The van der Waals surface area contributed by atoms with Gasteiger partial charge < -0.3 is 0 Å². The van der Waals surface area contributed by atoms with Crippen LogP contribution in [0.2, 0.25) is 0 Å². The van der Waals surface area contributed by atoms with E-state index in [-0.39, 0.29) is 1.43 Å². The van der Waals surface area contributed by atoms with E-state index in [0.717, 1.165) is 0 Å². The minimum atomic E-state index is 0. The molecule has 0 nitrogen and oxygen atoms in total. The Morgan fingerprint density at radius 3 is 1.30 bits per heavy atom. The summed E-state index contributed by atoms with van der Waals surface area (Å²) in [5.41, 5.74) is 9.90. The third-order valence-electron chi connectivity index (χ3n) is 10.4. The van der Waals surface area contributed by atoms with E-state index >= 15 is 0 Å². The Morgan fingerprint density at radius 2 is 0.700 bits per heavy atom. The average Bonchev–Trinajstić information content (AvgIpc) is 3.19. The molecule has 0 bridgehead atoms. The van der Waals surface area contributed by atoms with Crippen molar-refractivity contribution < 1.29 is 1.43 Å². The van der Waals surface area contributed by atoms with Crippen molar-refractivity contribution in [3.05, 3.63) is 194 Å². The van der Waals surface area contributed by atoms with Crippen LogP contribution in [0.4, 0.5) is 0 Å². The molecule has 10 rings (SSSR count). The second-order valence-corrected chi connectivity index (χ2v) is 13.3. The van der Waals surface area contributed by atoms with Crippen LogP contribution in [0.25, 0.3) is 98.4 Å². The fourth-order valence-electron chi connectivity index (χ4n) is 8.10. The smallest absolute Gasteiger partial charge is 0 e. The molecule has 0 saturated carbocycles. The molecule has 0 aliphatic heterocycles. The molecule has 0 aliphatic rings. The lowest BCUT2D eigenvalue weighted by atomic mass is 9.83. The molecule has 0 fully saturated rings. The molecular weight excluding hydrogens is 601 g/mol. The van der Waals surface area contributed by atoms with Crippen molar-refractivity contribution in [3.63, 3.8) is 0 Å². The Bertz CT molecular complexity index is 2790. The highest BCUT2D eigenvalue weighted by atomic mass is 14.2. The van der Waals surface area contributed by atoms with Crippen LogP contribution < -0.4 is 0 Å². The van der Waals surface area contributed by atoms with Crippen molar-refractivity contribution in [2.45, 2.75) is 0 Å². The first-order valence-corrected chi connectivity index (χ1v) is 17.3. The molecule has 0 spiro atoms. The van der Waals surface area contributed by atoms with Gasteiger partial charge in [0, 0.05) is 1.43 Å². The number of rotatable bonds is 4. The first kappa shape index (κ1) is 28.5. The zero-order valence-electron chi connectivity index (χ0n) is 27.5. The Kier molecular flexibility index (Phi) is 6.60. The molecule has 234 valence electrons. The molecule has 0 saturated heterocycles. The number of fused-ring (bicyclic) bond motifs is 6. The number of benzene rings is 10. The molecule has 0 atom stereocenters. The third-order valence-corrected chi connectivity index (χ3v) is 10.4. The molecular formula is C50H34. The molecule has 0 aliphatic carbocycles. The van der Waals surface area contributed by atoms with E-state index in [2.05, 4.69) is 194 Å². The summed E-state index contributed by atoms with van der Waals surface area (Å²) in [5, 5.41) is 12.7. The van der Waals surface area contributed by atoms with Gasteiger partial charge in [-0.3, -0.25) is 0 Å². The number of hydrogen-bond acceptors (Lipinski definition) is 0. The Morgan fingerprint density at radius 1 is 0.220 bits per heavy atom. The van der Waals surface area contributed by atoms with E-state index in [1.165, 1.54) is 98.4 Å². The van der Waals surface area contributed by atoms with Crippen molar-refractivity contribution >= 4 is 53.9 Å². The van der Waals surface area contributed by atoms with Gasteiger partial charge in [0.15, 0.2) is 0 Å². The molecule has 50 heavy (non-hydrogen) atoms. The average molecular weight is 635 g/mol. The molecule has 0 amide bonds. The van der Waals surface area contributed by atoms with Crippen LogP contribution >= 0.6 is 0 Å². The van der Waals surface area contributed by atoms with Gasteiger partial charge in [-0.1, -0.05) is 164 Å². The highest BCUT2D eigenvalue weighted by Gasteiger charge is 2.19. The predicted octanol–water partition coefficient (Wildman–Crippen LogP) is 14.4. The predicted molar refractivity (Wildman–Crippen MR) is 218 cm³/mol. The first-order chi connectivity index (χ1) is 24.8. The van der Waals surface area contributed by atoms with Gasteiger partial charge in [-0.15, -0.1) is 0 Å². The summed E-state index contributed by atoms with van der Waals surface area (Å²) in [6.07, 6.45) is 0. The molecule has 0 heteroatoms. The summed E-state index contributed by atoms with van der Waals surface area (Å²) in [6, 6.07) is 71.4. The molecule has 10 aromatic carbocycles. The van der Waals surface area contributed by atoms with Crippen LogP contribution in [0.15, 0.2) is 194 Å². The van der Waals surface area contributed by atoms with Gasteiger partial charge in [0.05, 0.1) is 0 Å². The summed E-state index contributed by atoms with van der Waals surface area (Å²) < 4.78 is 0. The SMILES string of the molecule is [HH].c1ccc(-c2cc(-c3ccccc3)cc(-c3c4ccccc4c(-c4cccc5c4ccc4cc6ccccc6cc45)c4ccccc34)c2)cc1. The number of hydrogen-bond donors (Lipinski definition) is 0. The zero-order valence-corrected chi connectivity index (χ0v) is 27.5. The van der Waals surface area contributed by atoms with Crippen molar-refractivity contribution in [2.24, 2.45) is 0 Å². The van der Waals surface area contributed by atoms with Crippen molar-refractivity contribution in [2.75, 3.05) is 0 Å². The maximum absolute atomic E-state index is 2.38. The third kappa shape index (κ3) is 4.61. The van der Waals surface area contributed by atoms with Crippen LogP contribution in [-0.4, -0.2) is 0 Å². The van der Waals surface area contributed by atoms with Crippen molar-refractivity contribution in [3.8, 4) is 44.5 Å². The molecule has 0 aromatic heterocycles. The van der Waals surface area contributed by atoms with Gasteiger partial charge >= 0.3 is 0 Å². The Hall–Kier alpha value is -6.50. The fourth-order valence-corrected chi connectivity index (χ4v) is 8.10. The highest BCUT2D eigenvalue weighted by molar-refractivity contribution is 6.25. The van der Waals surface area contributed by atoms with Crippen molar-refractivity contribution in [1.82, 2.24) is 0 Å². The highest BCUT2D eigenvalue weighted by Crippen LogP contribution is 2.47. The zero-order chi connectivity index (χ0) is 33.0. The molecule has 0 unspecified atom stereocenters.